The molecular formula is C32H41N5O2. The van der Waals surface area contributed by atoms with Gasteiger partial charge in [0.2, 0.25) is 0 Å². The SMILES string of the molecule is Cc1ccc(-c2[nH]nc(N(CC3CCN(C(C)(C)C)CC3)C(=O)OC(C)(C)C)c2-c2ccc(C#N)cc2)cc1. The number of amides is 1. The minimum Gasteiger partial charge on any atom is -0.443 e. The topological polar surface area (TPSA) is 85.2 Å². The van der Waals surface area contributed by atoms with E-state index in [4.69, 9.17) is 9.84 Å². The number of nitrogens with zero attached hydrogens (tertiary/aromatic N) is 4. The molecule has 0 bridgehead atoms. The van der Waals surface area contributed by atoms with E-state index in [2.05, 4.69) is 68.0 Å². The smallest absolute Gasteiger partial charge is 0.416 e. The maximum absolute atomic E-state index is 13.7. The van der Waals surface area contributed by atoms with E-state index in [9.17, 15) is 10.1 Å². The van der Waals surface area contributed by atoms with Gasteiger partial charge < -0.3 is 4.74 Å². The van der Waals surface area contributed by atoms with E-state index in [1.165, 1.54) is 0 Å². The molecule has 0 unspecified atom stereocenters. The molecule has 1 aliphatic rings. The molecule has 2 aromatic carbocycles. The van der Waals surface area contributed by atoms with Crippen LogP contribution in [0.25, 0.3) is 22.4 Å². The average molecular weight is 528 g/mol. The molecule has 7 heteroatoms. The lowest BCUT2D eigenvalue weighted by atomic mass is 9.92. The lowest BCUT2D eigenvalue weighted by Gasteiger charge is -2.41. The molecule has 3 aromatic rings. The minimum atomic E-state index is -0.643. The summed E-state index contributed by atoms with van der Waals surface area (Å²) >= 11 is 0. The van der Waals surface area contributed by atoms with Gasteiger partial charge in [-0.2, -0.15) is 10.4 Å². The highest BCUT2D eigenvalue weighted by atomic mass is 16.6. The maximum atomic E-state index is 13.7. The largest absolute Gasteiger partial charge is 0.443 e. The van der Waals surface area contributed by atoms with Gasteiger partial charge in [0.05, 0.1) is 22.9 Å². The number of piperidine rings is 1. The molecule has 0 atom stereocenters. The van der Waals surface area contributed by atoms with Gasteiger partial charge in [0, 0.05) is 17.6 Å². The van der Waals surface area contributed by atoms with Crippen LogP contribution in [0.5, 0.6) is 0 Å². The number of ether oxygens (including phenoxy) is 1. The zero-order valence-electron chi connectivity index (χ0n) is 24.3. The van der Waals surface area contributed by atoms with Crippen molar-refractivity contribution >= 4 is 11.9 Å². The minimum absolute atomic E-state index is 0.129. The summed E-state index contributed by atoms with van der Waals surface area (Å²) in [6, 6.07) is 17.9. The zero-order valence-corrected chi connectivity index (χ0v) is 24.3. The summed E-state index contributed by atoms with van der Waals surface area (Å²) in [4.78, 5) is 17.9. The third kappa shape index (κ3) is 6.88. The van der Waals surface area contributed by atoms with Gasteiger partial charge in [-0.05, 0) is 98.0 Å². The molecule has 2 heterocycles. The molecule has 206 valence electrons. The first-order chi connectivity index (χ1) is 18.4. The van der Waals surface area contributed by atoms with Gasteiger partial charge >= 0.3 is 6.09 Å². The number of H-pyrrole nitrogens is 1. The van der Waals surface area contributed by atoms with Crippen LogP contribution >= 0.6 is 0 Å². The highest BCUT2D eigenvalue weighted by Crippen LogP contribution is 2.39. The fourth-order valence-corrected chi connectivity index (χ4v) is 5.05. The number of carbonyl (C=O) groups excluding carboxylic acids is 1. The Labute approximate surface area is 232 Å². The lowest BCUT2D eigenvalue weighted by Crippen LogP contribution is -2.48. The number of aryl methyl sites for hydroxylation is 1. The second-order valence-electron chi connectivity index (χ2n) is 12.5. The van der Waals surface area contributed by atoms with E-state index >= 15 is 0 Å². The molecule has 4 rings (SSSR count). The van der Waals surface area contributed by atoms with Crippen LogP contribution in [-0.4, -0.2) is 52.0 Å². The molecule has 0 radical (unpaired) electrons. The monoisotopic (exact) mass is 527 g/mol. The maximum Gasteiger partial charge on any atom is 0.416 e. The standard InChI is InChI=1S/C32H41N5O2/c1-22-8-12-26(13-9-22)28-27(25-14-10-23(20-33)11-15-25)29(35-34-28)37(30(38)39-32(5,6)7)21-24-16-18-36(19-17-24)31(2,3)4/h8-15,24H,16-19,21H2,1-7H3,(H,34,35). The molecule has 7 nitrogen and oxygen atoms in total. The normalized spacial score (nSPS) is 15.1. The molecule has 39 heavy (non-hydrogen) atoms. The van der Waals surface area contributed by atoms with E-state index in [-0.39, 0.29) is 5.54 Å². The molecule has 1 aromatic heterocycles. The Morgan fingerprint density at radius 3 is 2.15 bits per heavy atom. The van der Waals surface area contributed by atoms with Crippen molar-refractivity contribution < 1.29 is 9.53 Å². The highest BCUT2D eigenvalue weighted by molar-refractivity contribution is 5.97. The summed E-state index contributed by atoms with van der Waals surface area (Å²) in [7, 11) is 0. The third-order valence-corrected chi connectivity index (χ3v) is 7.26. The Bertz CT molecular complexity index is 1310. The van der Waals surface area contributed by atoms with Crippen molar-refractivity contribution in [2.45, 2.75) is 72.4 Å². The molecule has 1 amide bonds. The molecular weight excluding hydrogens is 486 g/mol. The Morgan fingerprint density at radius 2 is 1.62 bits per heavy atom. The summed E-state index contributed by atoms with van der Waals surface area (Å²) in [5.41, 5.74) is 4.72. The van der Waals surface area contributed by atoms with Gasteiger partial charge in [-0.3, -0.25) is 14.9 Å². The van der Waals surface area contributed by atoms with Crippen LogP contribution in [0.15, 0.2) is 48.5 Å². The lowest BCUT2D eigenvalue weighted by molar-refractivity contribution is 0.0550. The van der Waals surface area contributed by atoms with Gasteiger partial charge in [-0.1, -0.05) is 42.0 Å². The molecule has 1 fully saturated rings. The number of nitrogens with one attached hydrogen (secondary N) is 1. The number of hydrogen-bond donors (Lipinski definition) is 1. The Balaban J connectivity index is 1.77. The third-order valence-electron chi connectivity index (χ3n) is 7.26. The van der Waals surface area contributed by atoms with Gasteiger partial charge in [-0.15, -0.1) is 0 Å². The van der Waals surface area contributed by atoms with Crippen LogP contribution in [0.4, 0.5) is 10.6 Å². The second-order valence-corrected chi connectivity index (χ2v) is 12.5. The molecule has 0 saturated carbocycles. The molecule has 1 saturated heterocycles. The van der Waals surface area contributed by atoms with E-state index in [1.807, 2.05) is 32.9 Å². The Hall–Kier alpha value is -3.63. The van der Waals surface area contributed by atoms with Crippen LogP contribution in [0.2, 0.25) is 0 Å². The number of anilines is 1. The van der Waals surface area contributed by atoms with Crippen molar-refractivity contribution in [1.29, 1.82) is 5.26 Å². The van der Waals surface area contributed by atoms with E-state index in [0.29, 0.717) is 23.8 Å². The van der Waals surface area contributed by atoms with Gasteiger partial charge in [0.25, 0.3) is 0 Å². The van der Waals surface area contributed by atoms with E-state index < -0.39 is 11.7 Å². The second kappa shape index (κ2) is 11.2. The number of aromatic nitrogens is 2. The molecule has 1 aliphatic heterocycles. The first-order valence-corrected chi connectivity index (χ1v) is 13.8. The molecule has 0 spiro atoms. The predicted octanol–water partition coefficient (Wildman–Crippen LogP) is 7.18. The van der Waals surface area contributed by atoms with Gasteiger partial charge in [0.15, 0.2) is 5.82 Å². The fourth-order valence-electron chi connectivity index (χ4n) is 5.05. The highest BCUT2D eigenvalue weighted by Gasteiger charge is 2.34. The number of benzene rings is 2. The van der Waals surface area contributed by atoms with Crippen LogP contribution in [0.3, 0.4) is 0 Å². The Morgan fingerprint density at radius 1 is 1.03 bits per heavy atom. The number of hydrogen-bond acceptors (Lipinski definition) is 5. The molecule has 0 aliphatic carbocycles. The summed E-state index contributed by atoms with van der Waals surface area (Å²) in [6.07, 6.45) is 1.59. The van der Waals surface area contributed by atoms with Crippen LogP contribution < -0.4 is 4.90 Å². The molecule has 1 N–H and O–H groups in total. The first-order valence-electron chi connectivity index (χ1n) is 13.8. The number of carbonyl (C=O) groups is 1. The number of likely N-dealkylation sites (tertiary alicyclic amines) is 1. The van der Waals surface area contributed by atoms with Crippen molar-refractivity contribution in [3.63, 3.8) is 0 Å². The zero-order chi connectivity index (χ0) is 28.4. The van der Waals surface area contributed by atoms with Crippen molar-refractivity contribution in [3.05, 3.63) is 59.7 Å². The average Bonchev–Trinajstić information content (AvgIpc) is 3.31. The van der Waals surface area contributed by atoms with Crippen molar-refractivity contribution in [2.75, 3.05) is 24.5 Å². The number of rotatable bonds is 5. The van der Waals surface area contributed by atoms with Gasteiger partial charge in [0.1, 0.15) is 5.60 Å². The fraction of sp³-hybridized carbons (Fsp3) is 0.469. The Kier molecular flexibility index (Phi) is 8.17. The summed E-state index contributed by atoms with van der Waals surface area (Å²) in [5, 5.41) is 17.3. The van der Waals surface area contributed by atoms with Crippen molar-refractivity contribution in [3.8, 4) is 28.5 Å². The quantitative estimate of drug-likeness (QED) is 0.380. The van der Waals surface area contributed by atoms with Crippen LogP contribution in [0, 0.1) is 24.2 Å². The van der Waals surface area contributed by atoms with Gasteiger partial charge in [-0.25, -0.2) is 4.79 Å². The van der Waals surface area contributed by atoms with Crippen molar-refractivity contribution in [1.82, 2.24) is 15.1 Å². The van der Waals surface area contributed by atoms with Crippen molar-refractivity contribution in [2.24, 2.45) is 5.92 Å². The predicted molar refractivity (Wildman–Crippen MR) is 157 cm³/mol. The van der Waals surface area contributed by atoms with Crippen LogP contribution in [0.1, 0.15) is 65.5 Å². The van der Waals surface area contributed by atoms with Crippen LogP contribution in [-0.2, 0) is 4.74 Å². The van der Waals surface area contributed by atoms with E-state index in [0.717, 1.165) is 53.9 Å². The number of aromatic amines is 1. The first kappa shape index (κ1) is 28.4. The summed E-state index contributed by atoms with van der Waals surface area (Å²) in [6.45, 7) is 17.0. The number of nitriles is 1. The van der Waals surface area contributed by atoms with E-state index in [1.54, 1.807) is 17.0 Å². The summed E-state index contributed by atoms with van der Waals surface area (Å²) < 4.78 is 5.91. The summed E-state index contributed by atoms with van der Waals surface area (Å²) in [5.74, 6) is 0.868.